The van der Waals surface area contributed by atoms with Gasteiger partial charge in [-0.1, -0.05) is 27.7 Å². The number of nitrogens with zero attached hydrogens (tertiary/aromatic N) is 2. The number of carboxylic acids is 3. The summed E-state index contributed by atoms with van der Waals surface area (Å²) in [5.41, 5.74) is 1.31. The Labute approximate surface area is 445 Å². The number of halogens is 1. The molecule has 0 spiro atoms. The fourth-order valence-electron chi connectivity index (χ4n) is 8.76. The Bertz CT molecular complexity index is 2290. The van der Waals surface area contributed by atoms with Crippen LogP contribution in [-0.2, 0) is 67.1 Å². The number of carbonyl (C=O) groups excluding carboxylic acids is 11. The molecule has 32 heteroatoms. The SMILES string of the molecule is CC(CC(=O)O)C(=O)NC1C(=O)N2CCCCC2C(=O)NC(C(C)C(O)O)C(=O)NC(CC(=O)O)C(=O)NCC(=O)NC(CC(=O)O)C(=O)NCC(=O)NC(C(C)NF)C(=O)NC(C(C)C)C(=O)N2CCCC2C(=O)NC1C. The van der Waals surface area contributed by atoms with Gasteiger partial charge in [0.1, 0.15) is 48.3 Å². The lowest BCUT2D eigenvalue weighted by Crippen LogP contribution is -2.65. The van der Waals surface area contributed by atoms with Crippen LogP contribution in [0, 0.1) is 17.8 Å². The molecule has 11 amide bonds. The van der Waals surface area contributed by atoms with E-state index in [2.05, 4.69) is 37.2 Å². The van der Waals surface area contributed by atoms with Crippen molar-refractivity contribution in [3.05, 3.63) is 0 Å². The number of amides is 11. The number of aliphatic carboxylic acids is 3. The molecule has 3 aliphatic heterocycles. The first-order valence-corrected chi connectivity index (χ1v) is 25.1. The summed E-state index contributed by atoms with van der Waals surface area (Å²) in [5, 5.41) is 69.2. The third-order valence-corrected chi connectivity index (χ3v) is 13.3. The van der Waals surface area contributed by atoms with Crippen molar-refractivity contribution in [2.45, 2.75) is 160 Å². The van der Waals surface area contributed by atoms with Gasteiger partial charge in [-0.25, -0.2) is 0 Å². The largest absolute Gasteiger partial charge is 0.481 e. The topological polar surface area (TPSA) is 467 Å². The highest BCUT2D eigenvalue weighted by atomic mass is 19.2. The van der Waals surface area contributed by atoms with Gasteiger partial charge < -0.3 is 83.2 Å². The van der Waals surface area contributed by atoms with E-state index < -0.39 is 200 Å². The monoisotopic (exact) mass is 1110 g/mol. The molecular formula is C46H71FN12O19. The van der Waals surface area contributed by atoms with E-state index in [4.69, 9.17) is 0 Å². The lowest BCUT2D eigenvalue weighted by atomic mass is 9.95. The zero-order valence-corrected chi connectivity index (χ0v) is 43.8. The van der Waals surface area contributed by atoms with Crippen molar-refractivity contribution in [2.75, 3.05) is 26.2 Å². The Morgan fingerprint density at radius 3 is 1.60 bits per heavy atom. The van der Waals surface area contributed by atoms with E-state index in [9.17, 15) is 97.1 Å². The van der Waals surface area contributed by atoms with Gasteiger partial charge in [0.15, 0.2) is 6.29 Å². The molecule has 436 valence electrons. The molecule has 0 aromatic rings. The molecule has 78 heavy (non-hydrogen) atoms. The van der Waals surface area contributed by atoms with Crippen molar-refractivity contribution < 1.29 is 97.1 Å². The second-order valence-electron chi connectivity index (χ2n) is 19.8. The summed E-state index contributed by atoms with van der Waals surface area (Å²) >= 11 is 0. The van der Waals surface area contributed by atoms with Crippen LogP contribution in [0.1, 0.15) is 92.9 Å². The lowest BCUT2D eigenvalue weighted by Gasteiger charge is -2.39. The Kier molecular flexibility index (Phi) is 24.7. The molecule has 3 aliphatic rings. The number of aliphatic hydroxyl groups excluding tert-OH is 1. The summed E-state index contributed by atoms with van der Waals surface area (Å²) < 4.78 is 14.0. The van der Waals surface area contributed by atoms with Gasteiger partial charge in [0, 0.05) is 24.9 Å². The summed E-state index contributed by atoms with van der Waals surface area (Å²) in [5.74, 6) is -20.6. The second-order valence-corrected chi connectivity index (χ2v) is 19.8. The van der Waals surface area contributed by atoms with Crippen LogP contribution in [0.15, 0.2) is 0 Å². The third kappa shape index (κ3) is 18.6. The quantitative estimate of drug-likeness (QED) is 0.0602. The number of piperidine rings is 1. The van der Waals surface area contributed by atoms with Crippen molar-refractivity contribution in [3.63, 3.8) is 0 Å². The van der Waals surface area contributed by atoms with Gasteiger partial charge in [-0.05, 0) is 51.9 Å². The fraction of sp³-hybridized carbons (Fsp3) is 0.696. The number of rotatable bonds is 13. The van der Waals surface area contributed by atoms with Crippen LogP contribution >= 0.6 is 0 Å². The van der Waals surface area contributed by atoms with Crippen LogP contribution in [-0.4, -0.2) is 211 Å². The minimum Gasteiger partial charge on any atom is -0.481 e. The third-order valence-electron chi connectivity index (χ3n) is 13.3. The molecule has 0 aromatic heterocycles. The molecule has 3 saturated heterocycles. The number of aliphatic hydroxyl groups is 2. The van der Waals surface area contributed by atoms with Gasteiger partial charge >= 0.3 is 17.9 Å². The summed E-state index contributed by atoms with van der Waals surface area (Å²) in [6, 6.07) is -16.7. The Balaban J connectivity index is 2.17. The molecule has 3 fully saturated rings. The molecule has 0 aliphatic carbocycles. The molecular weight excluding hydrogens is 1040 g/mol. The van der Waals surface area contributed by atoms with Crippen LogP contribution in [0.5, 0.6) is 0 Å². The number of carbonyl (C=O) groups is 14. The normalized spacial score (nSPS) is 27.6. The summed E-state index contributed by atoms with van der Waals surface area (Å²) in [4.78, 5) is 189. The molecule has 3 heterocycles. The van der Waals surface area contributed by atoms with E-state index in [1.165, 1.54) is 33.2 Å². The van der Waals surface area contributed by atoms with Gasteiger partial charge in [-0.15, -0.1) is 4.48 Å². The van der Waals surface area contributed by atoms with Crippen LogP contribution in [0.4, 0.5) is 4.48 Å². The highest BCUT2D eigenvalue weighted by Gasteiger charge is 2.45. The maximum atomic E-state index is 14.8. The summed E-state index contributed by atoms with van der Waals surface area (Å²) in [6.45, 7) is 5.50. The highest BCUT2D eigenvalue weighted by Crippen LogP contribution is 2.24. The Hall–Kier alpha value is -7.61. The number of carboxylic acid groups (broad SMARTS) is 3. The van der Waals surface area contributed by atoms with Gasteiger partial charge in [0.05, 0.1) is 44.4 Å². The van der Waals surface area contributed by atoms with Crippen molar-refractivity contribution >= 4 is 82.9 Å². The van der Waals surface area contributed by atoms with Gasteiger partial charge in [-0.3, -0.25) is 67.1 Å². The van der Waals surface area contributed by atoms with Crippen molar-refractivity contribution in [1.29, 1.82) is 0 Å². The second kappa shape index (κ2) is 29.8. The maximum absolute atomic E-state index is 14.8. The van der Waals surface area contributed by atoms with E-state index in [1.54, 1.807) is 0 Å². The Morgan fingerprint density at radius 1 is 0.590 bits per heavy atom. The fourth-order valence-corrected chi connectivity index (χ4v) is 8.76. The van der Waals surface area contributed by atoms with Crippen molar-refractivity contribution in [2.24, 2.45) is 17.8 Å². The first kappa shape index (κ1) is 64.7. The first-order chi connectivity index (χ1) is 36.5. The zero-order chi connectivity index (χ0) is 58.9. The summed E-state index contributed by atoms with van der Waals surface area (Å²) in [7, 11) is 0. The molecule has 15 N–H and O–H groups in total. The zero-order valence-electron chi connectivity index (χ0n) is 43.8. The van der Waals surface area contributed by atoms with E-state index in [-0.39, 0.29) is 45.2 Å². The molecule has 0 aromatic carbocycles. The van der Waals surface area contributed by atoms with E-state index in [1.807, 2.05) is 10.6 Å². The minimum atomic E-state index is -2.37. The van der Waals surface area contributed by atoms with E-state index in [0.717, 1.165) is 23.6 Å². The smallest absolute Gasteiger partial charge is 0.305 e. The Morgan fingerprint density at radius 2 is 1.08 bits per heavy atom. The predicted octanol–water partition coefficient (Wildman–Crippen LogP) is -6.46. The summed E-state index contributed by atoms with van der Waals surface area (Å²) in [6.07, 6.45) is -4.62. The number of nitrogens with one attached hydrogen (secondary N) is 10. The number of hydrogen-bond donors (Lipinski definition) is 15. The average Bonchev–Trinajstić information content (AvgIpc) is 3.89. The number of hydrogen-bond acceptors (Lipinski definition) is 17. The molecule has 0 bridgehead atoms. The van der Waals surface area contributed by atoms with Crippen molar-refractivity contribution in [3.8, 4) is 0 Å². The van der Waals surface area contributed by atoms with E-state index >= 15 is 0 Å². The first-order valence-electron chi connectivity index (χ1n) is 25.1. The standard InChI is InChI=1S/C46H71FN12O19/c1-19(2)33-44(75)59-13-9-11-27(59)40(71)50-22(5)36(56-37(68)20(3)14-30(62)63)45(76)58-12-8-7-10-26(58)41(72)55-34(21(4)46(77)78)42(73)52-25(16-32(66)67)39(70)48-17-28(60)51-24(15-31(64)65)38(69)49-18-29(61)53-35(23(6)57-47)43(74)54-33/h19-27,33-36,46,57,77-78H,7-18H2,1-6H3,(H,48,70)(H,49,69)(H,50,71)(H,51,60)(H,52,73)(H,53,61)(H,54,74)(H,55,72)(H,56,68)(H,62,63)(H,64,65)(H,66,67). The maximum Gasteiger partial charge on any atom is 0.305 e. The van der Waals surface area contributed by atoms with E-state index in [0.29, 0.717) is 0 Å². The van der Waals surface area contributed by atoms with Crippen molar-refractivity contribution in [1.82, 2.24) is 63.2 Å². The lowest BCUT2D eigenvalue weighted by molar-refractivity contribution is -0.149. The molecule has 0 saturated carbocycles. The van der Waals surface area contributed by atoms with Crippen LogP contribution in [0.25, 0.3) is 0 Å². The highest BCUT2D eigenvalue weighted by molar-refractivity contribution is 6.00. The molecule has 0 radical (unpaired) electrons. The molecule has 12 atom stereocenters. The van der Waals surface area contributed by atoms with Gasteiger partial charge in [0.2, 0.25) is 65.0 Å². The molecule has 12 unspecified atom stereocenters. The van der Waals surface area contributed by atoms with Gasteiger partial charge in [-0.2, -0.15) is 5.54 Å². The number of fused-ring (bicyclic) bond motifs is 2. The molecule has 3 rings (SSSR count). The van der Waals surface area contributed by atoms with Gasteiger partial charge in [0.25, 0.3) is 0 Å². The predicted molar refractivity (Wildman–Crippen MR) is 261 cm³/mol. The molecule has 31 nitrogen and oxygen atoms in total. The van der Waals surface area contributed by atoms with Crippen LogP contribution in [0.2, 0.25) is 0 Å². The van der Waals surface area contributed by atoms with Crippen LogP contribution in [0.3, 0.4) is 0 Å². The minimum absolute atomic E-state index is 0.0373. The average molecular weight is 1120 g/mol. The van der Waals surface area contributed by atoms with Crippen LogP contribution < -0.4 is 53.4 Å².